The van der Waals surface area contributed by atoms with Crippen molar-refractivity contribution in [3.63, 3.8) is 0 Å². The molecule has 0 saturated carbocycles. The van der Waals surface area contributed by atoms with Crippen LogP contribution >= 0.6 is 0 Å². The normalized spacial score (nSPS) is 9.89. The van der Waals surface area contributed by atoms with Crippen molar-refractivity contribution in [1.82, 2.24) is 9.78 Å². The van der Waals surface area contributed by atoms with Crippen molar-refractivity contribution in [3.05, 3.63) is 18.5 Å². The molecule has 0 spiro atoms. The van der Waals surface area contributed by atoms with Crippen LogP contribution in [0.2, 0.25) is 0 Å². The molecule has 0 unspecified atom stereocenters. The SMILES string of the molecule is CCOCn1[c]ccn1. The van der Waals surface area contributed by atoms with E-state index in [4.69, 9.17) is 4.74 Å². The first-order valence-electron chi connectivity index (χ1n) is 2.90. The first kappa shape index (κ1) is 6.29. The molecule has 0 aliphatic rings. The van der Waals surface area contributed by atoms with Gasteiger partial charge in [0.05, 0.1) is 6.20 Å². The summed E-state index contributed by atoms with van der Waals surface area (Å²) in [5, 5.41) is 3.89. The van der Waals surface area contributed by atoms with Gasteiger partial charge in [-0.2, -0.15) is 5.10 Å². The Morgan fingerprint density at radius 3 is 3.22 bits per heavy atom. The van der Waals surface area contributed by atoms with E-state index in [2.05, 4.69) is 11.3 Å². The Hall–Kier alpha value is -0.830. The minimum absolute atomic E-state index is 0.503. The molecule has 0 fully saturated rings. The predicted molar refractivity (Wildman–Crippen MR) is 32.7 cm³/mol. The summed E-state index contributed by atoms with van der Waals surface area (Å²) >= 11 is 0. The molecule has 1 rings (SSSR count). The molecule has 1 aromatic heterocycles. The molecule has 3 nitrogen and oxygen atoms in total. The Kier molecular flexibility index (Phi) is 2.27. The smallest absolute Gasteiger partial charge is 0.140 e. The van der Waals surface area contributed by atoms with E-state index in [0.29, 0.717) is 13.3 Å². The van der Waals surface area contributed by atoms with E-state index in [1.807, 2.05) is 6.92 Å². The number of ether oxygens (including phenoxy) is 1. The molecule has 0 aromatic carbocycles. The van der Waals surface area contributed by atoms with Crippen molar-refractivity contribution in [2.45, 2.75) is 13.7 Å². The van der Waals surface area contributed by atoms with Crippen molar-refractivity contribution >= 4 is 0 Å². The fraction of sp³-hybridized carbons (Fsp3) is 0.500. The van der Waals surface area contributed by atoms with Gasteiger partial charge in [-0.3, -0.25) is 0 Å². The number of rotatable bonds is 3. The quantitative estimate of drug-likeness (QED) is 0.594. The third-order valence-corrected chi connectivity index (χ3v) is 0.922. The second-order valence-corrected chi connectivity index (χ2v) is 1.58. The molecule has 0 bridgehead atoms. The Bertz CT molecular complexity index is 148. The first-order valence-corrected chi connectivity index (χ1v) is 2.90. The van der Waals surface area contributed by atoms with Crippen molar-refractivity contribution < 1.29 is 4.74 Å². The van der Waals surface area contributed by atoms with Crippen LogP contribution in [0.1, 0.15) is 6.92 Å². The Labute approximate surface area is 54.2 Å². The van der Waals surface area contributed by atoms with Gasteiger partial charge >= 0.3 is 0 Å². The van der Waals surface area contributed by atoms with E-state index < -0.39 is 0 Å². The third-order valence-electron chi connectivity index (χ3n) is 0.922. The molecular weight excluding hydrogens is 116 g/mol. The number of hydrogen-bond acceptors (Lipinski definition) is 2. The van der Waals surface area contributed by atoms with Gasteiger partial charge in [-0.25, -0.2) is 4.68 Å². The summed E-state index contributed by atoms with van der Waals surface area (Å²) in [7, 11) is 0. The van der Waals surface area contributed by atoms with Crippen LogP contribution in [0.3, 0.4) is 0 Å². The maximum Gasteiger partial charge on any atom is 0.140 e. The molecule has 1 heterocycles. The van der Waals surface area contributed by atoms with Crippen molar-refractivity contribution in [2.24, 2.45) is 0 Å². The van der Waals surface area contributed by atoms with E-state index in [0.717, 1.165) is 0 Å². The Morgan fingerprint density at radius 2 is 2.67 bits per heavy atom. The highest BCUT2D eigenvalue weighted by Gasteiger charge is 1.85. The summed E-state index contributed by atoms with van der Waals surface area (Å²) in [6, 6.07) is 1.75. The van der Waals surface area contributed by atoms with E-state index in [9.17, 15) is 0 Å². The van der Waals surface area contributed by atoms with Gasteiger partial charge in [-0.05, 0) is 13.0 Å². The van der Waals surface area contributed by atoms with Crippen LogP contribution in [0.25, 0.3) is 0 Å². The standard InChI is InChI=1S/C6H9N2O/c1-2-9-6-8-5-3-4-7-8/h3-4H,2,6H2,1H3. The lowest BCUT2D eigenvalue weighted by molar-refractivity contribution is 0.0786. The maximum atomic E-state index is 5.05. The van der Waals surface area contributed by atoms with Gasteiger partial charge in [0.1, 0.15) is 6.73 Å². The van der Waals surface area contributed by atoms with Crippen LogP contribution in [0.4, 0.5) is 0 Å². The molecule has 3 heteroatoms. The van der Waals surface area contributed by atoms with E-state index >= 15 is 0 Å². The summed E-state index contributed by atoms with van der Waals surface area (Å²) < 4.78 is 6.66. The molecule has 1 aromatic rings. The largest absolute Gasteiger partial charge is 0.360 e. The minimum atomic E-state index is 0.503. The Balaban J connectivity index is 2.30. The highest BCUT2D eigenvalue weighted by Crippen LogP contribution is 1.83. The lowest BCUT2D eigenvalue weighted by Crippen LogP contribution is -2.02. The molecule has 0 aliphatic carbocycles. The monoisotopic (exact) mass is 125 g/mol. The lowest BCUT2D eigenvalue weighted by Gasteiger charge is -1.97. The number of nitrogens with zero attached hydrogens (tertiary/aromatic N) is 2. The highest BCUT2D eigenvalue weighted by atomic mass is 16.5. The molecular formula is C6H9N2O. The second-order valence-electron chi connectivity index (χ2n) is 1.58. The number of hydrogen-bond donors (Lipinski definition) is 0. The van der Waals surface area contributed by atoms with Crippen LogP contribution in [-0.2, 0) is 11.5 Å². The van der Waals surface area contributed by atoms with E-state index in [-0.39, 0.29) is 0 Å². The van der Waals surface area contributed by atoms with Gasteiger partial charge in [0.25, 0.3) is 0 Å². The summed E-state index contributed by atoms with van der Waals surface area (Å²) in [6.07, 6.45) is 4.53. The van der Waals surface area contributed by atoms with Gasteiger partial charge in [-0.15, -0.1) is 0 Å². The van der Waals surface area contributed by atoms with Crippen LogP contribution in [0.15, 0.2) is 12.3 Å². The van der Waals surface area contributed by atoms with Gasteiger partial charge < -0.3 is 4.74 Å². The lowest BCUT2D eigenvalue weighted by atomic mass is 10.8. The fourth-order valence-corrected chi connectivity index (χ4v) is 0.515. The molecule has 0 atom stereocenters. The maximum absolute atomic E-state index is 5.05. The fourth-order valence-electron chi connectivity index (χ4n) is 0.515. The summed E-state index contributed by atoms with van der Waals surface area (Å²) in [6.45, 7) is 3.17. The zero-order valence-electron chi connectivity index (χ0n) is 5.37. The van der Waals surface area contributed by atoms with Crippen LogP contribution < -0.4 is 0 Å². The predicted octanol–water partition coefficient (Wildman–Crippen LogP) is 0.677. The zero-order valence-corrected chi connectivity index (χ0v) is 5.37. The zero-order chi connectivity index (χ0) is 6.53. The average Bonchev–Trinajstić information content (AvgIpc) is 2.34. The van der Waals surface area contributed by atoms with Crippen molar-refractivity contribution in [2.75, 3.05) is 6.61 Å². The first-order chi connectivity index (χ1) is 4.43. The second kappa shape index (κ2) is 3.25. The van der Waals surface area contributed by atoms with Gasteiger partial charge in [0.15, 0.2) is 0 Å². The molecule has 49 valence electrons. The Morgan fingerprint density at radius 1 is 1.78 bits per heavy atom. The van der Waals surface area contributed by atoms with Crippen LogP contribution in [0, 0.1) is 6.20 Å². The van der Waals surface area contributed by atoms with Gasteiger partial charge in [0.2, 0.25) is 0 Å². The molecule has 0 saturated heterocycles. The van der Waals surface area contributed by atoms with Crippen molar-refractivity contribution in [1.29, 1.82) is 0 Å². The third kappa shape index (κ3) is 1.85. The topological polar surface area (TPSA) is 27.1 Å². The summed E-state index contributed by atoms with van der Waals surface area (Å²) in [4.78, 5) is 0. The molecule has 9 heavy (non-hydrogen) atoms. The number of aromatic nitrogens is 2. The highest BCUT2D eigenvalue weighted by molar-refractivity contribution is 4.73. The average molecular weight is 125 g/mol. The van der Waals surface area contributed by atoms with Crippen molar-refractivity contribution in [3.8, 4) is 0 Å². The molecule has 0 N–H and O–H groups in total. The van der Waals surface area contributed by atoms with Crippen LogP contribution in [-0.4, -0.2) is 16.4 Å². The summed E-state index contributed by atoms with van der Waals surface area (Å²) in [5.41, 5.74) is 0. The molecule has 1 radical (unpaired) electrons. The molecule has 0 aliphatic heterocycles. The summed E-state index contributed by atoms with van der Waals surface area (Å²) in [5.74, 6) is 0. The minimum Gasteiger partial charge on any atom is -0.360 e. The van der Waals surface area contributed by atoms with E-state index in [1.165, 1.54) is 0 Å². The van der Waals surface area contributed by atoms with Crippen LogP contribution in [0.5, 0.6) is 0 Å². The molecule has 0 amide bonds. The van der Waals surface area contributed by atoms with Gasteiger partial charge in [-0.1, -0.05) is 0 Å². The van der Waals surface area contributed by atoms with Gasteiger partial charge in [0, 0.05) is 12.8 Å². The van der Waals surface area contributed by atoms with E-state index in [1.54, 1.807) is 16.9 Å².